The fourth-order valence-electron chi connectivity index (χ4n) is 2.00. The molecule has 0 radical (unpaired) electrons. The van der Waals surface area contributed by atoms with E-state index in [9.17, 15) is 4.79 Å². The Hall–Kier alpha value is -1.36. The maximum absolute atomic E-state index is 11.9. The second-order valence-electron chi connectivity index (χ2n) is 4.32. The second-order valence-corrected chi connectivity index (χ2v) is 4.32. The van der Waals surface area contributed by atoms with E-state index in [0.29, 0.717) is 11.7 Å². The number of nitrogens with zero attached hydrogens (tertiary/aromatic N) is 1. The quantitative estimate of drug-likeness (QED) is 0.712. The molecule has 1 aliphatic rings. The summed E-state index contributed by atoms with van der Waals surface area (Å²) in [7, 11) is 0. The number of H-pyrrole nitrogens is 1. The summed E-state index contributed by atoms with van der Waals surface area (Å²) in [5.41, 5.74) is 1.03. The third kappa shape index (κ3) is 2.24. The summed E-state index contributed by atoms with van der Waals surface area (Å²) in [6.45, 7) is 5.05. The van der Waals surface area contributed by atoms with Gasteiger partial charge in [-0.2, -0.15) is 5.10 Å². The van der Waals surface area contributed by atoms with E-state index in [4.69, 9.17) is 0 Å². The Morgan fingerprint density at radius 1 is 1.69 bits per heavy atom. The predicted octanol–water partition coefficient (Wildman–Crippen LogP) is 0.909. The van der Waals surface area contributed by atoms with Gasteiger partial charge in [0.15, 0.2) is 5.82 Å². The number of carbonyl (C=O) groups is 1. The molecule has 1 amide bonds. The number of hydrogen-bond donors (Lipinski definition) is 3. The van der Waals surface area contributed by atoms with Crippen LogP contribution in [0.15, 0.2) is 6.07 Å². The van der Waals surface area contributed by atoms with Crippen molar-refractivity contribution >= 4 is 11.7 Å². The number of rotatable bonds is 3. The van der Waals surface area contributed by atoms with Crippen molar-refractivity contribution in [2.75, 3.05) is 11.9 Å². The molecule has 16 heavy (non-hydrogen) atoms. The van der Waals surface area contributed by atoms with Crippen molar-refractivity contribution in [2.24, 2.45) is 5.92 Å². The Bertz CT molecular complexity index is 374. The zero-order valence-corrected chi connectivity index (χ0v) is 9.71. The highest BCUT2D eigenvalue weighted by atomic mass is 16.2. The zero-order valence-electron chi connectivity index (χ0n) is 9.71. The van der Waals surface area contributed by atoms with E-state index in [-0.39, 0.29) is 11.9 Å². The Balaban J connectivity index is 1.96. The summed E-state index contributed by atoms with van der Waals surface area (Å²) in [6, 6.07) is 1.79. The molecule has 5 nitrogen and oxygen atoms in total. The predicted molar refractivity (Wildman–Crippen MR) is 62.2 cm³/mol. The summed E-state index contributed by atoms with van der Waals surface area (Å²) in [5, 5.41) is 12.9. The topological polar surface area (TPSA) is 69.8 Å². The van der Waals surface area contributed by atoms with Crippen LogP contribution in [0.5, 0.6) is 0 Å². The first-order chi connectivity index (χ1) is 7.70. The largest absolute Gasteiger partial charge is 0.308 e. The van der Waals surface area contributed by atoms with Crippen LogP contribution in [0.1, 0.15) is 26.0 Å². The molecule has 3 N–H and O–H groups in total. The van der Waals surface area contributed by atoms with Crippen molar-refractivity contribution in [3.63, 3.8) is 0 Å². The fourth-order valence-corrected chi connectivity index (χ4v) is 2.00. The monoisotopic (exact) mass is 222 g/mol. The lowest BCUT2D eigenvalue weighted by Gasteiger charge is -2.13. The number of aryl methyl sites for hydroxylation is 1. The lowest BCUT2D eigenvalue weighted by Crippen LogP contribution is -2.39. The first-order valence-electron chi connectivity index (χ1n) is 5.79. The van der Waals surface area contributed by atoms with Gasteiger partial charge in [-0.05, 0) is 25.3 Å². The number of amides is 1. The maximum atomic E-state index is 11.9. The molecule has 0 bridgehead atoms. The van der Waals surface area contributed by atoms with Gasteiger partial charge in [-0.1, -0.05) is 13.8 Å². The molecule has 1 aromatic heterocycles. The lowest BCUT2D eigenvalue weighted by molar-refractivity contribution is -0.118. The van der Waals surface area contributed by atoms with Crippen LogP contribution in [0, 0.1) is 5.92 Å². The second kappa shape index (κ2) is 4.65. The normalized spacial score (nSPS) is 24.6. The van der Waals surface area contributed by atoms with Crippen LogP contribution in [0.2, 0.25) is 0 Å². The number of aromatic amines is 1. The van der Waals surface area contributed by atoms with E-state index in [1.807, 2.05) is 13.0 Å². The molecule has 2 rings (SSSR count). The first kappa shape index (κ1) is 11.1. The van der Waals surface area contributed by atoms with Crippen LogP contribution in [0.25, 0.3) is 0 Å². The molecular weight excluding hydrogens is 204 g/mol. The van der Waals surface area contributed by atoms with Crippen molar-refractivity contribution < 1.29 is 4.79 Å². The van der Waals surface area contributed by atoms with Crippen LogP contribution in [-0.4, -0.2) is 28.7 Å². The van der Waals surface area contributed by atoms with E-state index in [1.165, 1.54) is 0 Å². The van der Waals surface area contributed by atoms with Gasteiger partial charge in [-0.15, -0.1) is 0 Å². The van der Waals surface area contributed by atoms with Gasteiger partial charge >= 0.3 is 0 Å². The molecular formula is C11H18N4O. The molecule has 5 heteroatoms. The molecule has 0 aromatic carbocycles. The average molecular weight is 222 g/mol. The highest BCUT2D eigenvalue weighted by molar-refractivity contribution is 5.94. The minimum Gasteiger partial charge on any atom is -0.308 e. The maximum Gasteiger partial charge on any atom is 0.242 e. The van der Waals surface area contributed by atoms with Crippen LogP contribution in [0.3, 0.4) is 0 Å². The van der Waals surface area contributed by atoms with Crippen molar-refractivity contribution in [3.8, 4) is 0 Å². The molecule has 1 fully saturated rings. The van der Waals surface area contributed by atoms with Crippen molar-refractivity contribution in [1.82, 2.24) is 15.5 Å². The summed E-state index contributed by atoms with van der Waals surface area (Å²) >= 11 is 0. The number of nitrogens with one attached hydrogen (secondary N) is 3. The summed E-state index contributed by atoms with van der Waals surface area (Å²) in [5.74, 6) is 1.02. The minimum atomic E-state index is -0.0817. The summed E-state index contributed by atoms with van der Waals surface area (Å²) in [4.78, 5) is 11.9. The smallest absolute Gasteiger partial charge is 0.242 e. The van der Waals surface area contributed by atoms with Gasteiger partial charge in [-0.25, -0.2) is 0 Å². The first-order valence-corrected chi connectivity index (χ1v) is 5.79. The van der Waals surface area contributed by atoms with Crippen LogP contribution < -0.4 is 10.6 Å². The van der Waals surface area contributed by atoms with Crippen LogP contribution in [-0.2, 0) is 11.2 Å². The van der Waals surface area contributed by atoms with Gasteiger partial charge in [0.1, 0.15) is 0 Å². The molecule has 1 aromatic rings. The standard InChI is InChI=1S/C11H18N4O/c1-3-8-6-9(15-14-8)13-11(16)10-7(2)4-5-12-10/h6-7,10,12H,3-5H2,1-2H3,(H2,13,14,15,16). The van der Waals surface area contributed by atoms with Crippen molar-refractivity contribution in [3.05, 3.63) is 11.8 Å². The van der Waals surface area contributed by atoms with E-state index in [2.05, 4.69) is 27.8 Å². The lowest BCUT2D eigenvalue weighted by atomic mass is 10.0. The van der Waals surface area contributed by atoms with Crippen molar-refractivity contribution in [1.29, 1.82) is 0 Å². The van der Waals surface area contributed by atoms with E-state index >= 15 is 0 Å². The van der Waals surface area contributed by atoms with Gasteiger partial charge in [0.05, 0.1) is 6.04 Å². The minimum absolute atomic E-state index is 0.0131. The van der Waals surface area contributed by atoms with Gasteiger partial charge in [0.25, 0.3) is 0 Å². The SMILES string of the molecule is CCc1cc(NC(=O)C2NCCC2C)n[nH]1. The fraction of sp³-hybridized carbons (Fsp3) is 0.636. The number of anilines is 1. The Kier molecular flexibility index (Phi) is 3.24. The number of carbonyl (C=O) groups excluding carboxylic acids is 1. The molecule has 0 saturated carbocycles. The molecule has 0 spiro atoms. The zero-order chi connectivity index (χ0) is 11.5. The molecule has 88 valence electrons. The summed E-state index contributed by atoms with van der Waals surface area (Å²) < 4.78 is 0. The highest BCUT2D eigenvalue weighted by Crippen LogP contribution is 2.16. The van der Waals surface area contributed by atoms with E-state index in [0.717, 1.165) is 25.1 Å². The number of hydrogen-bond acceptors (Lipinski definition) is 3. The molecule has 2 unspecified atom stereocenters. The Morgan fingerprint density at radius 3 is 3.06 bits per heavy atom. The van der Waals surface area contributed by atoms with Gasteiger partial charge in [0, 0.05) is 11.8 Å². The molecule has 2 atom stereocenters. The average Bonchev–Trinajstić information content (AvgIpc) is 2.86. The van der Waals surface area contributed by atoms with Crippen molar-refractivity contribution in [2.45, 2.75) is 32.7 Å². The Morgan fingerprint density at radius 2 is 2.50 bits per heavy atom. The summed E-state index contributed by atoms with van der Waals surface area (Å²) in [6.07, 6.45) is 1.94. The van der Waals surface area contributed by atoms with Gasteiger partial charge in [-0.3, -0.25) is 9.89 Å². The third-order valence-corrected chi connectivity index (χ3v) is 3.08. The Labute approximate surface area is 95.0 Å². The number of aromatic nitrogens is 2. The van der Waals surface area contributed by atoms with Gasteiger partial charge in [0.2, 0.25) is 5.91 Å². The highest BCUT2D eigenvalue weighted by Gasteiger charge is 2.29. The molecule has 1 saturated heterocycles. The van der Waals surface area contributed by atoms with Crippen LogP contribution >= 0.6 is 0 Å². The van der Waals surface area contributed by atoms with E-state index in [1.54, 1.807) is 0 Å². The molecule has 2 heterocycles. The third-order valence-electron chi connectivity index (χ3n) is 3.08. The van der Waals surface area contributed by atoms with Gasteiger partial charge < -0.3 is 10.6 Å². The van der Waals surface area contributed by atoms with Crippen LogP contribution in [0.4, 0.5) is 5.82 Å². The molecule has 0 aliphatic carbocycles. The van der Waals surface area contributed by atoms with E-state index < -0.39 is 0 Å². The molecule has 1 aliphatic heterocycles.